The molecule has 2 aromatic rings. The van der Waals surface area contributed by atoms with Gasteiger partial charge in [0.05, 0.1) is 12.8 Å². The van der Waals surface area contributed by atoms with Gasteiger partial charge in [0.25, 0.3) is 11.8 Å². The zero-order valence-electron chi connectivity index (χ0n) is 13.0. The monoisotopic (exact) mass is 342 g/mol. The Labute approximate surface area is 143 Å². The van der Waals surface area contributed by atoms with Gasteiger partial charge in [-0.15, -0.1) is 0 Å². The number of ether oxygens (including phenoxy) is 1. The van der Waals surface area contributed by atoms with E-state index in [9.17, 15) is 9.59 Å². The maximum absolute atomic E-state index is 12.8. The molecule has 1 aromatic carbocycles. The van der Waals surface area contributed by atoms with Gasteiger partial charge >= 0.3 is 0 Å². The molecule has 1 aliphatic rings. The van der Waals surface area contributed by atoms with Crippen LogP contribution >= 0.6 is 12.2 Å². The van der Waals surface area contributed by atoms with Crippen LogP contribution in [0.15, 0.2) is 46.4 Å². The molecule has 3 rings (SSSR count). The molecule has 1 aliphatic heterocycles. The standard InChI is InChI=1S/C17H14N2O4S/c1-10-6-7-13(23-10)9-14-15(20)18-17(24)19(16(14)21)11-4-3-5-12(8-11)22-2/h3-9H,1-2H3,(H,18,20,24)/b14-9+. The molecule has 0 radical (unpaired) electrons. The van der Waals surface area contributed by atoms with Crippen molar-refractivity contribution in [3.05, 3.63) is 53.5 Å². The molecule has 1 saturated heterocycles. The average Bonchev–Trinajstić information content (AvgIpc) is 2.96. The lowest BCUT2D eigenvalue weighted by atomic mass is 10.1. The van der Waals surface area contributed by atoms with Crippen LogP contribution in [0.25, 0.3) is 6.08 Å². The molecule has 1 N–H and O–H groups in total. The summed E-state index contributed by atoms with van der Waals surface area (Å²) in [6.45, 7) is 1.78. The van der Waals surface area contributed by atoms with Gasteiger partial charge < -0.3 is 9.15 Å². The van der Waals surface area contributed by atoms with Crippen molar-refractivity contribution in [2.24, 2.45) is 0 Å². The van der Waals surface area contributed by atoms with Crippen molar-refractivity contribution in [1.82, 2.24) is 5.32 Å². The Hall–Kier alpha value is -2.93. The summed E-state index contributed by atoms with van der Waals surface area (Å²) in [4.78, 5) is 26.2. The highest BCUT2D eigenvalue weighted by Crippen LogP contribution is 2.25. The molecule has 0 bridgehead atoms. The van der Waals surface area contributed by atoms with Crippen LogP contribution in [0.4, 0.5) is 5.69 Å². The van der Waals surface area contributed by atoms with Crippen LogP contribution < -0.4 is 15.0 Å². The summed E-state index contributed by atoms with van der Waals surface area (Å²) in [7, 11) is 1.53. The van der Waals surface area contributed by atoms with Crippen molar-refractivity contribution >= 4 is 40.9 Å². The molecule has 0 atom stereocenters. The molecule has 0 aliphatic carbocycles. The predicted molar refractivity (Wildman–Crippen MR) is 92.6 cm³/mol. The number of carbonyl (C=O) groups is 2. The Morgan fingerprint density at radius 3 is 2.71 bits per heavy atom. The fourth-order valence-corrected chi connectivity index (χ4v) is 2.60. The number of amides is 2. The van der Waals surface area contributed by atoms with Crippen LogP contribution in [0.1, 0.15) is 11.5 Å². The number of thiocarbonyl (C=S) groups is 1. The first-order valence-electron chi connectivity index (χ1n) is 7.11. The Morgan fingerprint density at radius 2 is 2.04 bits per heavy atom. The highest BCUT2D eigenvalue weighted by Gasteiger charge is 2.34. The van der Waals surface area contributed by atoms with Gasteiger partial charge in [-0.3, -0.25) is 19.8 Å². The number of benzene rings is 1. The molecule has 122 valence electrons. The number of nitrogens with one attached hydrogen (secondary N) is 1. The van der Waals surface area contributed by atoms with E-state index >= 15 is 0 Å². The van der Waals surface area contributed by atoms with Crippen molar-refractivity contribution in [2.45, 2.75) is 6.92 Å². The first-order valence-corrected chi connectivity index (χ1v) is 7.52. The molecule has 7 heteroatoms. The molecular formula is C17H14N2O4S. The SMILES string of the molecule is COc1cccc(N2C(=O)/C(=C/c3ccc(C)o3)C(=O)NC2=S)c1. The number of hydrogen-bond donors (Lipinski definition) is 1. The fourth-order valence-electron chi connectivity index (χ4n) is 2.31. The fraction of sp³-hybridized carbons (Fsp3) is 0.118. The van der Waals surface area contributed by atoms with Crippen molar-refractivity contribution in [3.63, 3.8) is 0 Å². The van der Waals surface area contributed by atoms with Crippen LogP contribution in [0.2, 0.25) is 0 Å². The van der Waals surface area contributed by atoms with E-state index in [0.29, 0.717) is 23.0 Å². The number of aryl methyl sites for hydroxylation is 1. The van der Waals surface area contributed by atoms with E-state index in [4.69, 9.17) is 21.4 Å². The number of anilines is 1. The number of hydrogen-bond acceptors (Lipinski definition) is 5. The summed E-state index contributed by atoms with van der Waals surface area (Å²) in [5.74, 6) is 0.603. The van der Waals surface area contributed by atoms with E-state index in [-0.39, 0.29) is 10.7 Å². The third-order valence-corrected chi connectivity index (χ3v) is 3.75. The number of furan rings is 1. The van der Waals surface area contributed by atoms with E-state index in [0.717, 1.165) is 0 Å². The van der Waals surface area contributed by atoms with Gasteiger partial charge in [0, 0.05) is 6.07 Å². The van der Waals surface area contributed by atoms with Gasteiger partial charge in [-0.2, -0.15) is 0 Å². The number of nitrogens with zero attached hydrogens (tertiary/aromatic N) is 1. The molecular weight excluding hydrogens is 328 g/mol. The average molecular weight is 342 g/mol. The second-order valence-corrected chi connectivity index (χ2v) is 5.49. The van der Waals surface area contributed by atoms with Gasteiger partial charge in [0.15, 0.2) is 5.11 Å². The molecule has 24 heavy (non-hydrogen) atoms. The number of carbonyl (C=O) groups excluding carboxylic acids is 2. The van der Waals surface area contributed by atoms with Crippen molar-refractivity contribution in [2.75, 3.05) is 12.0 Å². The third-order valence-electron chi connectivity index (χ3n) is 3.46. The quantitative estimate of drug-likeness (QED) is 0.527. The maximum atomic E-state index is 12.8. The molecule has 2 amide bonds. The van der Waals surface area contributed by atoms with Crippen LogP contribution in [-0.4, -0.2) is 24.0 Å². The minimum Gasteiger partial charge on any atom is -0.497 e. The molecule has 0 spiro atoms. The summed E-state index contributed by atoms with van der Waals surface area (Å²) < 4.78 is 10.6. The van der Waals surface area contributed by atoms with Gasteiger partial charge in [0.1, 0.15) is 22.8 Å². The van der Waals surface area contributed by atoms with Crippen molar-refractivity contribution in [1.29, 1.82) is 0 Å². The zero-order valence-corrected chi connectivity index (χ0v) is 13.8. The molecule has 0 unspecified atom stereocenters. The zero-order chi connectivity index (χ0) is 17.3. The van der Waals surface area contributed by atoms with Crippen LogP contribution in [-0.2, 0) is 9.59 Å². The smallest absolute Gasteiger partial charge is 0.270 e. The summed E-state index contributed by atoms with van der Waals surface area (Å²) >= 11 is 5.15. The predicted octanol–water partition coefficient (Wildman–Crippen LogP) is 2.43. The van der Waals surface area contributed by atoms with Crippen LogP contribution in [0.5, 0.6) is 5.75 Å². The Bertz CT molecular complexity index is 869. The largest absolute Gasteiger partial charge is 0.497 e. The molecule has 1 aromatic heterocycles. The lowest BCUT2D eigenvalue weighted by Gasteiger charge is -2.28. The van der Waals surface area contributed by atoms with Crippen molar-refractivity contribution in [3.8, 4) is 5.75 Å². The number of rotatable bonds is 3. The van der Waals surface area contributed by atoms with Crippen LogP contribution in [0.3, 0.4) is 0 Å². The summed E-state index contributed by atoms with van der Waals surface area (Å²) in [5, 5.41) is 2.54. The Kier molecular flexibility index (Phi) is 4.18. The van der Waals surface area contributed by atoms with Gasteiger partial charge in [-0.05, 0) is 49.5 Å². The number of methoxy groups -OCH3 is 1. The van der Waals surface area contributed by atoms with Gasteiger partial charge in [-0.1, -0.05) is 6.07 Å². The minimum atomic E-state index is -0.557. The van der Waals surface area contributed by atoms with E-state index in [1.54, 1.807) is 43.3 Å². The normalized spacial score (nSPS) is 16.5. The second kappa shape index (κ2) is 6.29. The lowest BCUT2D eigenvalue weighted by Crippen LogP contribution is -2.54. The Morgan fingerprint density at radius 1 is 1.25 bits per heavy atom. The first-order chi connectivity index (χ1) is 11.5. The van der Waals surface area contributed by atoms with E-state index in [2.05, 4.69) is 5.32 Å². The second-order valence-electron chi connectivity index (χ2n) is 5.11. The van der Waals surface area contributed by atoms with Crippen molar-refractivity contribution < 1.29 is 18.7 Å². The first kappa shape index (κ1) is 15.9. The molecule has 2 heterocycles. The van der Waals surface area contributed by atoms with E-state index in [1.807, 2.05) is 0 Å². The summed E-state index contributed by atoms with van der Waals surface area (Å²) in [6, 6.07) is 10.3. The summed E-state index contributed by atoms with van der Waals surface area (Å²) in [6.07, 6.45) is 1.40. The topological polar surface area (TPSA) is 71.8 Å². The third kappa shape index (κ3) is 2.93. The highest BCUT2D eigenvalue weighted by molar-refractivity contribution is 7.80. The van der Waals surface area contributed by atoms with Crippen LogP contribution in [0, 0.1) is 6.92 Å². The molecule has 1 fully saturated rings. The maximum Gasteiger partial charge on any atom is 0.270 e. The highest BCUT2D eigenvalue weighted by atomic mass is 32.1. The van der Waals surface area contributed by atoms with E-state index < -0.39 is 11.8 Å². The molecule has 0 saturated carbocycles. The minimum absolute atomic E-state index is 0.0195. The summed E-state index contributed by atoms with van der Waals surface area (Å²) in [5.41, 5.74) is 0.451. The molecule has 6 nitrogen and oxygen atoms in total. The van der Waals surface area contributed by atoms with E-state index in [1.165, 1.54) is 18.1 Å². The van der Waals surface area contributed by atoms with Gasteiger partial charge in [0.2, 0.25) is 0 Å². The lowest BCUT2D eigenvalue weighted by molar-refractivity contribution is -0.122. The Balaban J connectivity index is 2.01. The van der Waals surface area contributed by atoms with Gasteiger partial charge in [-0.25, -0.2) is 0 Å².